The van der Waals surface area contributed by atoms with Crippen LogP contribution in [0.1, 0.15) is 5.82 Å². The van der Waals surface area contributed by atoms with Crippen molar-refractivity contribution in [2.75, 3.05) is 18.4 Å². The number of rotatable bonds is 6. The zero-order chi connectivity index (χ0) is 16.9. The molecule has 2 heterocycles. The van der Waals surface area contributed by atoms with Crippen LogP contribution in [0.15, 0.2) is 46.0 Å². The van der Waals surface area contributed by atoms with Crippen molar-refractivity contribution in [3.63, 3.8) is 0 Å². The Hall–Kier alpha value is -2.42. The Morgan fingerprint density at radius 3 is 2.62 bits per heavy atom. The second-order valence-electron chi connectivity index (χ2n) is 5.27. The monoisotopic (exact) mass is 398 g/mol. The van der Waals surface area contributed by atoms with E-state index in [2.05, 4.69) is 20.4 Å². The van der Waals surface area contributed by atoms with Crippen LogP contribution in [0.25, 0.3) is 10.9 Å². The molecule has 0 aliphatic rings. The molecule has 8 nitrogen and oxygen atoms in total. The van der Waals surface area contributed by atoms with Gasteiger partial charge in [0.15, 0.2) is 0 Å². The molecule has 2 aromatic heterocycles. The maximum atomic E-state index is 11.7. The molecular formula is C16H20Cl2N6O2. The number of H-pyrrole nitrogens is 1. The van der Waals surface area contributed by atoms with Crippen LogP contribution >= 0.6 is 24.8 Å². The van der Waals surface area contributed by atoms with Gasteiger partial charge in [0.25, 0.3) is 11.1 Å². The van der Waals surface area contributed by atoms with E-state index in [0.29, 0.717) is 37.7 Å². The van der Waals surface area contributed by atoms with Gasteiger partial charge in [-0.05, 0) is 18.7 Å². The summed E-state index contributed by atoms with van der Waals surface area (Å²) in [5.74, 6) is 1.36. The number of para-hydroxylation sites is 1. The zero-order valence-electron chi connectivity index (χ0n) is 13.8. The smallest absolute Gasteiger partial charge is 0.265 e. The largest absolute Gasteiger partial charge is 0.368 e. The van der Waals surface area contributed by atoms with Gasteiger partial charge in [-0.2, -0.15) is 0 Å². The van der Waals surface area contributed by atoms with Crippen LogP contribution in [-0.2, 0) is 13.0 Å². The first kappa shape index (κ1) is 21.6. The fourth-order valence-electron chi connectivity index (χ4n) is 2.41. The van der Waals surface area contributed by atoms with E-state index < -0.39 is 0 Å². The molecule has 0 aliphatic carbocycles. The first-order valence-electron chi connectivity index (χ1n) is 7.67. The number of fused-ring (bicyclic) bond motifs is 1. The third-order valence-electron chi connectivity index (χ3n) is 3.53. The molecule has 0 radical (unpaired) electrons. The van der Waals surface area contributed by atoms with Crippen LogP contribution in [0.2, 0.25) is 0 Å². The van der Waals surface area contributed by atoms with Crippen LogP contribution in [0.4, 0.5) is 5.82 Å². The van der Waals surface area contributed by atoms with Gasteiger partial charge in [-0.3, -0.25) is 14.7 Å². The summed E-state index contributed by atoms with van der Waals surface area (Å²) in [6.07, 6.45) is 0.588. The summed E-state index contributed by atoms with van der Waals surface area (Å²) >= 11 is 0. The molecule has 3 aromatic rings. The fourth-order valence-corrected chi connectivity index (χ4v) is 2.41. The number of halogens is 2. The first-order chi connectivity index (χ1) is 11.7. The highest BCUT2D eigenvalue weighted by Gasteiger charge is 2.07. The number of benzene rings is 1. The highest BCUT2D eigenvalue weighted by Crippen LogP contribution is 2.19. The second kappa shape index (κ2) is 9.91. The molecule has 0 saturated heterocycles. The van der Waals surface area contributed by atoms with Crippen molar-refractivity contribution >= 4 is 41.5 Å². The van der Waals surface area contributed by atoms with Crippen molar-refractivity contribution in [3.8, 4) is 0 Å². The lowest BCUT2D eigenvalue weighted by atomic mass is 10.2. The van der Waals surface area contributed by atoms with Gasteiger partial charge >= 0.3 is 0 Å². The van der Waals surface area contributed by atoms with Crippen molar-refractivity contribution in [1.29, 1.82) is 0 Å². The summed E-state index contributed by atoms with van der Waals surface area (Å²) in [6.45, 7) is 1.22. The standard InChI is InChI=1S/C16H18N6O2.2ClH/c17-8-7-13-19-12-4-2-1-3-11(12)16(20-13)18-9-10-22-15(24)6-5-14(23)21-22;;/h1-6H,7-10,17H2,(H,21,23)(H,18,19,20);2*1H. The minimum atomic E-state index is -0.313. The molecule has 0 fully saturated rings. The van der Waals surface area contributed by atoms with Gasteiger partial charge in [0.05, 0.1) is 12.1 Å². The topological polar surface area (TPSA) is 119 Å². The molecule has 4 N–H and O–H groups in total. The van der Waals surface area contributed by atoms with Crippen LogP contribution in [-0.4, -0.2) is 32.8 Å². The minimum absolute atomic E-state index is 0. The van der Waals surface area contributed by atoms with Gasteiger partial charge in [0.2, 0.25) is 0 Å². The molecule has 0 amide bonds. The van der Waals surface area contributed by atoms with E-state index in [1.165, 1.54) is 16.8 Å². The zero-order valence-corrected chi connectivity index (χ0v) is 15.5. The van der Waals surface area contributed by atoms with Crippen molar-refractivity contribution < 1.29 is 0 Å². The molecule has 10 heteroatoms. The SMILES string of the molecule is Cl.Cl.NCCc1nc(NCCn2[nH]c(=O)ccc2=O)c2ccccc2n1. The van der Waals surface area contributed by atoms with E-state index in [9.17, 15) is 9.59 Å². The number of hydrogen-bond donors (Lipinski definition) is 3. The van der Waals surface area contributed by atoms with Crippen molar-refractivity contribution in [2.45, 2.75) is 13.0 Å². The maximum Gasteiger partial charge on any atom is 0.265 e. The molecule has 0 unspecified atom stereocenters. The Labute approximate surface area is 161 Å². The predicted octanol–water partition coefficient (Wildman–Crippen LogP) is 0.937. The summed E-state index contributed by atoms with van der Waals surface area (Å²) in [4.78, 5) is 32.0. The molecule has 1 aromatic carbocycles. The average Bonchev–Trinajstić information content (AvgIpc) is 2.58. The highest BCUT2D eigenvalue weighted by atomic mass is 35.5. The Morgan fingerprint density at radius 1 is 1.08 bits per heavy atom. The number of nitrogens with one attached hydrogen (secondary N) is 2. The van der Waals surface area contributed by atoms with Gasteiger partial charge < -0.3 is 11.1 Å². The van der Waals surface area contributed by atoms with Crippen LogP contribution in [0, 0.1) is 0 Å². The van der Waals surface area contributed by atoms with Gasteiger partial charge in [0.1, 0.15) is 11.6 Å². The lowest BCUT2D eigenvalue weighted by molar-refractivity contribution is 0.588. The van der Waals surface area contributed by atoms with Crippen molar-refractivity contribution in [1.82, 2.24) is 19.7 Å². The van der Waals surface area contributed by atoms with Gasteiger partial charge in [-0.1, -0.05) is 12.1 Å². The Balaban J connectivity index is 0.00000169. The summed E-state index contributed by atoms with van der Waals surface area (Å²) in [6, 6.07) is 10.1. The van der Waals surface area contributed by atoms with Crippen LogP contribution in [0.3, 0.4) is 0 Å². The maximum absolute atomic E-state index is 11.7. The Kier molecular flexibility index (Phi) is 8.24. The molecule has 0 aliphatic heterocycles. The van der Waals surface area contributed by atoms with Gasteiger partial charge in [-0.25, -0.2) is 14.6 Å². The number of anilines is 1. The predicted molar refractivity (Wildman–Crippen MR) is 107 cm³/mol. The normalized spacial score (nSPS) is 10.0. The molecule has 140 valence electrons. The number of aromatic nitrogens is 4. The van der Waals surface area contributed by atoms with E-state index in [0.717, 1.165) is 10.9 Å². The molecule has 0 atom stereocenters. The molecular weight excluding hydrogens is 379 g/mol. The number of hydrogen-bond acceptors (Lipinski definition) is 6. The van der Waals surface area contributed by atoms with E-state index in [-0.39, 0.29) is 35.9 Å². The number of nitrogens with zero attached hydrogens (tertiary/aromatic N) is 3. The van der Waals surface area contributed by atoms with E-state index >= 15 is 0 Å². The lowest BCUT2D eigenvalue weighted by Crippen LogP contribution is -2.30. The molecule has 26 heavy (non-hydrogen) atoms. The van der Waals surface area contributed by atoms with Crippen LogP contribution < -0.4 is 22.2 Å². The quantitative estimate of drug-likeness (QED) is 0.568. The Bertz CT molecular complexity index is 973. The average molecular weight is 399 g/mol. The summed E-state index contributed by atoms with van der Waals surface area (Å²) in [5.41, 5.74) is 5.86. The third kappa shape index (κ3) is 5.04. The fraction of sp³-hybridized carbons (Fsp3) is 0.250. The van der Waals surface area contributed by atoms with E-state index in [1.807, 2.05) is 24.3 Å². The van der Waals surface area contributed by atoms with E-state index in [4.69, 9.17) is 5.73 Å². The molecule has 0 spiro atoms. The molecule has 0 saturated carbocycles. The molecule has 3 rings (SSSR count). The summed E-state index contributed by atoms with van der Waals surface area (Å²) in [5, 5.41) is 6.59. The third-order valence-corrected chi connectivity index (χ3v) is 3.53. The summed E-state index contributed by atoms with van der Waals surface area (Å²) in [7, 11) is 0. The molecule has 0 bridgehead atoms. The number of nitrogens with two attached hydrogens (primary N) is 1. The lowest BCUT2D eigenvalue weighted by Gasteiger charge is -2.11. The highest BCUT2D eigenvalue weighted by molar-refractivity contribution is 5.89. The van der Waals surface area contributed by atoms with Crippen molar-refractivity contribution in [3.05, 3.63) is 62.9 Å². The van der Waals surface area contributed by atoms with Crippen LogP contribution in [0.5, 0.6) is 0 Å². The first-order valence-corrected chi connectivity index (χ1v) is 7.67. The summed E-state index contributed by atoms with van der Waals surface area (Å²) < 4.78 is 1.26. The van der Waals surface area contributed by atoms with Gasteiger partial charge in [0, 0.05) is 30.5 Å². The minimum Gasteiger partial charge on any atom is -0.368 e. The van der Waals surface area contributed by atoms with Crippen molar-refractivity contribution in [2.24, 2.45) is 5.73 Å². The van der Waals surface area contributed by atoms with Gasteiger partial charge in [-0.15, -0.1) is 24.8 Å². The Morgan fingerprint density at radius 2 is 1.85 bits per heavy atom. The van der Waals surface area contributed by atoms with E-state index in [1.54, 1.807) is 0 Å². The second-order valence-corrected chi connectivity index (χ2v) is 5.27. The number of aromatic amines is 1.